The molecule has 20 heavy (non-hydrogen) atoms. The Morgan fingerprint density at radius 2 is 2.25 bits per heavy atom. The van der Waals surface area contributed by atoms with E-state index in [1.165, 1.54) is 11.4 Å². The Morgan fingerprint density at radius 3 is 2.80 bits per heavy atom. The third kappa shape index (κ3) is 4.78. The van der Waals surface area contributed by atoms with E-state index in [4.69, 9.17) is 10.9 Å². The van der Waals surface area contributed by atoms with Gasteiger partial charge in [0.25, 0.3) is 0 Å². The molecule has 112 valence electrons. The molecule has 0 aliphatic rings. The standard InChI is InChI=1S/C12H20N4O3S/c1-10(9-12(13)15-17)16(2)20(18,19)8-6-11-5-3-4-7-14-11/h3-5,7,10,17H,6,8-9H2,1-2H3,(H2,13,15). The maximum absolute atomic E-state index is 12.2. The number of sulfonamides is 1. The first kappa shape index (κ1) is 16.4. The molecular weight excluding hydrogens is 280 g/mol. The zero-order chi connectivity index (χ0) is 15.2. The summed E-state index contributed by atoms with van der Waals surface area (Å²) < 4.78 is 25.6. The average Bonchev–Trinajstić information content (AvgIpc) is 2.45. The average molecular weight is 300 g/mol. The van der Waals surface area contributed by atoms with Crippen LogP contribution in [0.15, 0.2) is 29.6 Å². The highest BCUT2D eigenvalue weighted by molar-refractivity contribution is 7.89. The van der Waals surface area contributed by atoms with Gasteiger partial charge < -0.3 is 10.9 Å². The number of nitrogens with zero attached hydrogens (tertiary/aromatic N) is 3. The molecule has 0 fully saturated rings. The molecule has 3 N–H and O–H groups in total. The van der Waals surface area contributed by atoms with Crippen molar-refractivity contribution < 1.29 is 13.6 Å². The molecule has 8 heteroatoms. The molecule has 1 atom stereocenters. The summed E-state index contributed by atoms with van der Waals surface area (Å²) in [6.45, 7) is 1.70. The predicted octanol–water partition coefficient (Wildman–Crippen LogP) is 0.411. The molecule has 7 nitrogen and oxygen atoms in total. The summed E-state index contributed by atoms with van der Waals surface area (Å²) in [7, 11) is -1.92. The molecule has 0 saturated heterocycles. The van der Waals surface area contributed by atoms with Crippen molar-refractivity contribution in [3.05, 3.63) is 30.1 Å². The van der Waals surface area contributed by atoms with Crippen molar-refractivity contribution in [3.63, 3.8) is 0 Å². The lowest BCUT2D eigenvalue weighted by Crippen LogP contribution is -2.39. The SMILES string of the molecule is CC(CC(N)=NO)N(C)S(=O)(=O)CCc1ccccn1. The predicted molar refractivity (Wildman–Crippen MR) is 77.0 cm³/mol. The highest BCUT2D eigenvalue weighted by Gasteiger charge is 2.23. The monoisotopic (exact) mass is 300 g/mol. The third-order valence-corrected chi connectivity index (χ3v) is 4.99. The minimum absolute atomic E-state index is 0.00396. The molecule has 0 aromatic carbocycles. The second-order valence-corrected chi connectivity index (χ2v) is 6.70. The molecule has 1 heterocycles. The molecule has 0 aliphatic heterocycles. The Bertz CT molecular complexity index is 545. The maximum atomic E-state index is 12.2. The van der Waals surface area contributed by atoms with Gasteiger partial charge in [0, 0.05) is 37.8 Å². The number of rotatable bonds is 7. The van der Waals surface area contributed by atoms with Gasteiger partial charge in [0.05, 0.1) is 5.75 Å². The molecule has 1 unspecified atom stereocenters. The first-order chi connectivity index (χ1) is 9.36. The number of nitrogens with two attached hydrogens (primary N) is 1. The Morgan fingerprint density at radius 1 is 1.55 bits per heavy atom. The van der Waals surface area contributed by atoms with Crippen LogP contribution in [0, 0.1) is 0 Å². The minimum atomic E-state index is -3.41. The lowest BCUT2D eigenvalue weighted by molar-refractivity contribution is 0.313. The van der Waals surface area contributed by atoms with Gasteiger partial charge in [0.15, 0.2) is 0 Å². The number of aryl methyl sites for hydroxylation is 1. The second kappa shape index (κ2) is 7.20. The Labute approximate surface area is 119 Å². The van der Waals surface area contributed by atoms with Crippen molar-refractivity contribution in [2.24, 2.45) is 10.9 Å². The zero-order valence-corrected chi connectivity index (χ0v) is 12.4. The van der Waals surface area contributed by atoms with E-state index in [0.717, 1.165) is 5.69 Å². The number of hydrogen-bond donors (Lipinski definition) is 2. The second-order valence-electron chi connectivity index (χ2n) is 4.55. The van der Waals surface area contributed by atoms with Crippen LogP contribution in [0.4, 0.5) is 0 Å². The molecule has 0 amide bonds. The highest BCUT2D eigenvalue weighted by atomic mass is 32.2. The molecule has 0 saturated carbocycles. The van der Waals surface area contributed by atoms with Crippen LogP contribution in [-0.2, 0) is 16.4 Å². The van der Waals surface area contributed by atoms with E-state index in [1.807, 2.05) is 6.07 Å². The zero-order valence-electron chi connectivity index (χ0n) is 11.6. The van der Waals surface area contributed by atoms with Crippen LogP contribution in [0.5, 0.6) is 0 Å². The fourth-order valence-electron chi connectivity index (χ4n) is 1.67. The Balaban J connectivity index is 2.63. The highest BCUT2D eigenvalue weighted by Crippen LogP contribution is 2.10. The molecular formula is C12H20N4O3S. The van der Waals surface area contributed by atoms with Crippen molar-refractivity contribution in [3.8, 4) is 0 Å². The molecule has 1 aromatic rings. The summed E-state index contributed by atoms with van der Waals surface area (Å²) >= 11 is 0. The van der Waals surface area contributed by atoms with Crippen LogP contribution in [0.1, 0.15) is 19.0 Å². The molecule has 0 spiro atoms. The van der Waals surface area contributed by atoms with Crippen molar-refractivity contribution in [1.29, 1.82) is 0 Å². The van der Waals surface area contributed by atoms with Crippen LogP contribution >= 0.6 is 0 Å². The van der Waals surface area contributed by atoms with E-state index in [1.54, 1.807) is 25.3 Å². The summed E-state index contributed by atoms with van der Waals surface area (Å²) in [6, 6.07) is 5.01. The molecule has 1 aromatic heterocycles. The Kier molecular flexibility index (Phi) is 5.90. The summed E-state index contributed by atoms with van der Waals surface area (Å²) in [4.78, 5) is 4.09. The van der Waals surface area contributed by atoms with Crippen LogP contribution in [0.25, 0.3) is 0 Å². The van der Waals surface area contributed by atoms with Crippen molar-refractivity contribution in [2.75, 3.05) is 12.8 Å². The van der Waals surface area contributed by atoms with Gasteiger partial charge in [-0.3, -0.25) is 4.98 Å². The fourth-order valence-corrected chi connectivity index (χ4v) is 3.05. The molecule has 0 radical (unpaired) electrons. The van der Waals surface area contributed by atoms with Crippen molar-refractivity contribution in [2.45, 2.75) is 25.8 Å². The first-order valence-electron chi connectivity index (χ1n) is 6.19. The van der Waals surface area contributed by atoms with Gasteiger partial charge in [-0.1, -0.05) is 11.2 Å². The molecule has 0 aliphatic carbocycles. The number of pyridine rings is 1. The van der Waals surface area contributed by atoms with Gasteiger partial charge in [-0.25, -0.2) is 12.7 Å². The van der Waals surface area contributed by atoms with Gasteiger partial charge in [-0.2, -0.15) is 0 Å². The molecule has 0 bridgehead atoms. The van der Waals surface area contributed by atoms with E-state index in [2.05, 4.69) is 10.1 Å². The van der Waals surface area contributed by atoms with Crippen LogP contribution < -0.4 is 5.73 Å². The van der Waals surface area contributed by atoms with Crippen molar-refractivity contribution in [1.82, 2.24) is 9.29 Å². The van der Waals surface area contributed by atoms with Crippen molar-refractivity contribution >= 4 is 15.9 Å². The van der Waals surface area contributed by atoms with Crippen LogP contribution in [-0.4, -0.2) is 47.6 Å². The number of oxime groups is 1. The number of hydrogen-bond acceptors (Lipinski definition) is 5. The summed E-state index contributed by atoms with van der Waals surface area (Å²) in [5.74, 6) is -0.0228. The van der Waals surface area contributed by atoms with Crippen LogP contribution in [0.2, 0.25) is 0 Å². The quantitative estimate of drug-likeness (QED) is 0.328. The largest absolute Gasteiger partial charge is 0.409 e. The van der Waals surface area contributed by atoms with Gasteiger partial charge >= 0.3 is 0 Å². The summed E-state index contributed by atoms with van der Waals surface area (Å²) in [5.41, 5.74) is 6.12. The molecule has 1 rings (SSSR count). The van der Waals surface area contributed by atoms with Gasteiger partial charge in [-0.15, -0.1) is 0 Å². The van der Waals surface area contributed by atoms with E-state index in [0.29, 0.717) is 6.42 Å². The van der Waals surface area contributed by atoms with E-state index < -0.39 is 10.0 Å². The third-order valence-electron chi connectivity index (χ3n) is 3.03. The number of aromatic nitrogens is 1. The van der Waals surface area contributed by atoms with Gasteiger partial charge in [0.2, 0.25) is 10.0 Å². The van der Waals surface area contributed by atoms with E-state index in [-0.39, 0.29) is 24.1 Å². The van der Waals surface area contributed by atoms with E-state index in [9.17, 15) is 8.42 Å². The smallest absolute Gasteiger partial charge is 0.214 e. The fraction of sp³-hybridized carbons (Fsp3) is 0.500. The minimum Gasteiger partial charge on any atom is -0.409 e. The van der Waals surface area contributed by atoms with Gasteiger partial charge in [-0.05, 0) is 19.1 Å². The number of amidine groups is 1. The first-order valence-corrected chi connectivity index (χ1v) is 7.79. The van der Waals surface area contributed by atoms with Gasteiger partial charge in [0.1, 0.15) is 5.84 Å². The van der Waals surface area contributed by atoms with Crippen LogP contribution in [0.3, 0.4) is 0 Å². The lowest BCUT2D eigenvalue weighted by Gasteiger charge is -2.23. The Hall–Kier alpha value is -1.67. The maximum Gasteiger partial charge on any atom is 0.214 e. The summed E-state index contributed by atoms with van der Waals surface area (Å²) in [6.07, 6.45) is 2.16. The topological polar surface area (TPSA) is 109 Å². The van der Waals surface area contributed by atoms with E-state index >= 15 is 0 Å². The normalized spacial score (nSPS) is 14.4. The summed E-state index contributed by atoms with van der Waals surface area (Å²) in [5, 5.41) is 11.4. The lowest BCUT2D eigenvalue weighted by atomic mass is 10.2.